The number of carboxylic acids is 1. The van der Waals surface area contributed by atoms with Crippen LogP contribution in [0.3, 0.4) is 0 Å². The normalized spacial score (nSPS) is 14.4. The number of benzene rings is 3. The van der Waals surface area contributed by atoms with Crippen LogP contribution in [-0.2, 0) is 11.2 Å². The molecule has 3 aromatic carbocycles. The highest BCUT2D eigenvalue weighted by molar-refractivity contribution is 6.34. The molecule has 37 heavy (non-hydrogen) atoms. The van der Waals surface area contributed by atoms with Gasteiger partial charge in [-0.3, -0.25) is 9.59 Å². The summed E-state index contributed by atoms with van der Waals surface area (Å²) in [7, 11) is 3.51. The number of nitrogens with one attached hydrogen (secondary N) is 1. The summed E-state index contributed by atoms with van der Waals surface area (Å²) in [6.45, 7) is 2.44. The van der Waals surface area contributed by atoms with Gasteiger partial charge in [0.1, 0.15) is 35.8 Å². The average molecular weight is 529 g/mol. The molecule has 0 saturated carbocycles. The van der Waals surface area contributed by atoms with Gasteiger partial charge in [0.15, 0.2) is 0 Å². The molecule has 1 aliphatic rings. The third-order valence-corrected chi connectivity index (χ3v) is 6.08. The van der Waals surface area contributed by atoms with Gasteiger partial charge >= 0.3 is 5.97 Å². The fourth-order valence-electron chi connectivity index (χ4n) is 4.18. The predicted octanol–water partition coefficient (Wildman–Crippen LogP) is 4.95. The maximum absolute atomic E-state index is 14.9. The van der Waals surface area contributed by atoms with Crippen molar-refractivity contribution in [2.24, 2.45) is 0 Å². The fourth-order valence-corrected chi connectivity index (χ4v) is 4.47. The van der Waals surface area contributed by atoms with Gasteiger partial charge < -0.3 is 29.5 Å². The second kappa shape index (κ2) is 11.0. The van der Waals surface area contributed by atoms with Gasteiger partial charge in [-0.05, 0) is 48.4 Å². The lowest BCUT2D eigenvalue weighted by molar-refractivity contribution is -0.136. The highest BCUT2D eigenvalue weighted by Crippen LogP contribution is 2.36. The zero-order chi connectivity index (χ0) is 26.7. The van der Waals surface area contributed by atoms with Gasteiger partial charge in [-0.2, -0.15) is 0 Å². The van der Waals surface area contributed by atoms with Gasteiger partial charge in [0.25, 0.3) is 5.91 Å². The van der Waals surface area contributed by atoms with Crippen molar-refractivity contribution in [1.82, 2.24) is 0 Å². The number of methoxy groups -OCH3 is 1. The second-order valence-electron chi connectivity index (χ2n) is 8.76. The number of anilines is 2. The Morgan fingerprint density at radius 1 is 1.19 bits per heavy atom. The van der Waals surface area contributed by atoms with Gasteiger partial charge in [-0.1, -0.05) is 17.7 Å². The Morgan fingerprint density at radius 3 is 2.68 bits per heavy atom. The number of fused-ring (bicyclic) bond motifs is 1. The van der Waals surface area contributed by atoms with Crippen LogP contribution in [0.25, 0.3) is 0 Å². The summed E-state index contributed by atoms with van der Waals surface area (Å²) in [5, 5.41) is 11.5. The highest BCUT2D eigenvalue weighted by Gasteiger charge is 2.25. The minimum Gasteiger partial charge on any atom is -0.497 e. The summed E-state index contributed by atoms with van der Waals surface area (Å²) in [6.07, 6.45) is -0.540. The fraction of sp³-hybridized carbons (Fsp3) is 0.259. The smallest absolute Gasteiger partial charge is 0.307 e. The van der Waals surface area contributed by atoms with E-state index in [0.717, 1.165) is 17.3 Å². The van der Waals surface area contributed by atoms with E-state index < -0.39 is 17.7 Å². The Labute approximate surface area is 218 Å². The Kier molecular flexibility index (Phi) is 7.73. The third-order valence-electron chi connectivity index (χ3n) is 5.78. The van der Waals surface area contributed by atoms with Crippen molar-refractivity contribution in [2.75, 3.05) is 37.5 Å². The number of ether oxygens (including phenoxy) is 3. The quantitative estimate of drug-likeness (QED) is 0.427. The first-order chi connectivity index (χ1) is 17.6. The average Bonchev–Trinajstić information content (AvgIpc) is 2.81. The van der Waals surface area contributed by atoms with Crippen LogP contribution < -0.4 is 24.4 Å². The topological polar surface area (TPSA) is 97.3 Å². The molecule has 0 unspecified atom stereocenters. The summed E-state index contributed by atoms with van der Waals surface area (Å²) in [6, 6.07) is 12.9. The van der Waals surface area contributed by atoms with E-state index >= 15 is 0 Å². The summed E-state index contributed by atoms with van der Waals surface area (Å²) < 4.78 is 32.0. The number of aryl methyl sites for hydroxylation is 1. The van der Waals surface area contributed by atoms with Gasteiger partial charge in [0, 0.05) is 24.9 Å². The molecule has 4 rings (SSSR count). The number of carbonyl (C=O) groups excluding carboxylic acids is 1. The molecule has 0 saturated heterocycles. The highest BCUT2D eigenvalue weighted by atomic mass is 35.5. The lowest BCUT2D eigenvalue weighted by atomic mass is 10.1. The lowest BCUT2D eigenvalue weighted by Gasteiger charge is -2.33. The zero-order valence-electron chi connectivity index (χ0n) is 20.5. The van der Waals surface area contributed by atoms with Crippen molar-refractivity contribution in [3.8, 4) is 17.2 Å². The number of carboxylic acid groups (broad SMARTS) is 1. The van der Waals surface area contributed by atoms with Crippen LogP contribution in [0, 0.1) is 12.7 Å². The maximum Gasteiger partial charge on any atom is 0.307 e. The molecule has 0 aromatic heterocycles. The summed E-state index contributed by atoms with van der Waals surface area (Å²) in [4.78, 5) is 25.8. The summed E-state index contributed by atoms with van der Waals surface area (Å²) in [5.41, 5.74) is 2.18. The molecule has 3 aromatic rings. The molecule has 2 N–H and O–H groups in total. The third kappa shape index (κ3) is 6.24. The minimum atomic E-state index is -0.998. The number of aliphatic carboxylic acids is 1. The van der Waals surface area contributed by atoms with Crippen LogP contribution in [0.4, 0.5) is 15.8 Å². The van der Waals surface area contributed by atoms with E-state index in [-0.39, 0.29) is 35.5 Å². The SMILES string of the molecule is COc1ccc2c(c1)O[C@H](COc1cc(F)c(C(=O)Nc3cc(C)cc(CC(=O)O)c3)c(Cl)c1)CN2C. The van der Waals surface area contributed by atoms with Crippen LogP contribution in [0.15, 0.2) is 48.5 Å². The van der Waals surface area contributed by atoms with E-state index in [1.54, 1.807) is 32.2 Å². The van der Waals surface area contributed by atoms with Crippen molar-refractivity contribution in [1.29, 1.82) is 0 Å². The van der Waals surface area contributed by atoms with Crippen molar-refractivity contribution in [3.63, 3.8) is 0 Å². The number of hydrogen-bond acceptors (Lipinski definition) is 6. The van der Waals surface area contributed by atoms with Gasteiger partial charge in [0.05, 0.1) is 36.3 Å². The molecule has 0 radical (unpaired) electrons. The second-order valence-corrected chi connectivity index (χ2v) is 9.17. The maximum atomic E-state index is 14.9. The molecule has 0 bridgehead atoms. The van der Waals surface area contributed by atoms with E-state index in [0.29, 0.717) is 29.3 Å². The van der Waals surface area contributed by atoms with Crippen LogP contribution in [0.1, 0.15) is 21.5 Å². The molecule has 1 heterocycles. The first-order valence-electron chi connectivity index (χ1n) is 11.4. The predicted molar refractivity (Wildman–Crippen MR) is 138 cm³/mol. The van der Waals surface area contributed by atoms with E-state index in [2.05, 4.69) is 5.32 Å². The molecular formula is C27H26ClFN2O6. The summed E-state index contributed by atoms with van der Waals surface area (Å²) >= 11 is 6.26. The van der Waals surface area contributed by atoms with E-state index in [1.807, 2.05) is 24.1 Å². The molecule has 1 amide bonds. The summed E-state index contributed by atoms with van der Waals surface area (Å²) in [5.74, 6) is -1.14. The molecule has 1 atom stereocenters. The van der Waals surface area contributed by atoms with Gasteiger partial charge in [-0.25, -0.2) is 4.39 Å². The van der Waals surface area contributed by atoms with Gasteiger partial charge in [0.2, 0.25) is 0 Å². The Hall–Kier alpha value is -3.98. The number of amides is 1. The molecule has 0 aliphatic carbocycles. The van der Waals surface area contributed by atoms with Crippen LogP contribution in [0.5, 0.6) is 17.2 Å². The Bertz CT molecular complexity index is 1330. The van der Waals surface area contributed by atoms with Gasteiger partial charge in [-0.15, -0.1) is 0 Å². The molecular weight excluding hydrogens is 503 g/mol. The number of likely N-dealkylation sites (N-methyl/N-ethyl adjacent to an activating group) is 1. The number of hydrogen-bond donors (Lipinski definition) is 2. The van der Waals surface area contributed by atoms with E-state index in [4.69, 9.17) is 30.9 Å². The molecule has 8 nitrogen and oxygen atoms in total. The molecule has 10 heteroatoms. The van der Waals surface area contributed by atoms with E-state index in [9.17, 15) is 14.0 Å². The molecule has 0 spiro atoms. The molecule has 1 aliphatic heterocycles. The first-order valence-corrected chi connectivity index (χ1v) is 11.8. The number of nitrogens with zero attached hydrogens (tertiary/aromatic N) is 1. The van der Waals surface area contributed by atoms with Crippen molar-refractivity contribution in [2.45, 2.75) is 19.4 Å². The number of halogens is 2. The first kappa shape index (κ1) is 26.1. The minimum absolute atomic E-state index is 0.123. The molecule has 0 fully saturated rings. The monoisotopic (exact) mass is 528 g/mol. The molecule has 194 valence electrons. The zero-order valence-corrected chi connectivity index (χ0v) is 21.3. The standard InChI is InChI=1S/C27H26ClFN2O6/c1-15-6-16(9-25(32)33)8-17(7-15)30-27(34)26-21(28)10-19(11-22(26)29)36-14-20-13-31(2)23-5-4-18(35-3)12-24(23)37-20/h4-8,10-12,20H,9,13-14H2,1-3H3,(H,30,34)(H,32,33)/t20-/m0/s1. The number of rotatable bonds is 8. The van der Waals surface area contributed by atoms with Crippen molar-refractivity contribution >= 4 is 34.9 Å². The van der Waals surface area contributed by atoms with E-state index in [1.165, 1.54) is 12.1 Å². The largest absolute Gasteiger partial charge is 0.497 e. The Balaban J connectivity index is 1.44. The van der Waals surface area contributed by atoms with Crippen molar-refractivity contribution in [3.05, 3.63) is 76.1 Å². The Morgan fingerprint density at radius 2 is 1.97 bits per heavy atom. The van der Waals surface area contributed by atoms with Crippen LogP contribution >= 0.6 is 11.6 Å². The van der Waals surface area contributed by atoms with Crippen LogP contribution in [-0.4, -0.2) is 50.4 Å². The van der Waals surface area contributed by atoms with Crippen molar-refractivity contribution < 1.29 is 33.3 Å². The lowest BCUT2D eigenvalue weighted by Crippen LogP contribution is -2.41. The van der Waals surface area contributed by atoms with Crippen LogP contribution in [0.2, 0.25) is 5.02 Å². The number of carbonyl (C=O) groups is 2.